The van der Waals surface area contributed by atoms with Crippen molar-refractivity contribution in [2.75, 3.05) is 18.0 Å². The van der Waals surface area contributed by atoms with E-state index in [9.17, 15) is 0 Å². The van der Waals surface area contributed by atoms with E-state index in [4.69, 9.17) is 0 Å². The molecule has 7 heteroatoms. The molecule has 0 N–H and O–H groups in total. The Balaban J connectivity index is 1.63. The van der Waals surface area contributed by atoms with Gasteiger partial charge in [0.15, 0.2) is 0 Å². The molecule has 1 aliphatic rings. The molecule has 2 aromatic rings. The van der Waals surface area contributed by atoms with Gasteiger partial charge in [-0.25, -0.2) is 9.67 Å². The summed E-state index contributed by atoms with van der Waals surface area (Å²) in [6.07, 6.45) is 2.26. The number of hydrogen-bond donors (Lipinski definition) is 0. The molecule has 1 aliphatic heterocycles. The van der Waals surface area contributed by atoms with Crippen molar-refractivity contribution < 1.29 is 0 Å². The Morgan fingerprint density at radius 1 is 1.50 bits per heavy atom. The van der Waals surface area contributed by atoms with Crippen molar-refractivity contribution in [3.8, 4) is 0 Å². The van der Waals surface area contributed by atoms with Crippen LogP contribution in [0.25, 0.3) is 0 Å². The van der Waals surface area contributed by atoms with Crippen LogP contribution in [0.2, 0.25) is 0 Å². The third-order valence-corrected chi connectivity index (χ3v) is 4.29. The fourth-order valence-electron chi connectivity index (χ4n) is 2.42. The molecular weight excluding hydrogens is 248 g/mol. The second-order valence-corrected chi connectivity index (χ2v) is 5.73. The summed E-state index contributed by atoms with van der Waals surface area (Å²) in [7, 11) is 1.88. The van der Waals surface area contributed by atoms with Crippen LogP contribution in [-0.4, -0.2) is 38.3 Å². The standard InChI is InChI=1S/C11H16N6S/c1-8-7-18-10(12-8)5-9-3-4-17(6-9)11-13-14-15-16(11)2/h7,9H,3-6H2,1-2H3. The topological polar surface area (TPSA) is 59.7 Å². The normalized spacial score (nSPS) is 19.7. The Labute approximate surface area is 110 Å². The molecule has 2 aromatic heterocycles. The van der Waals surface area contributed by atoms with E-state index in [1.54, 1.807) is 16.0 Å². The van der Waals surface area contributed by atoms with Gasteiger partial charge in [0.25, 0.3) is 0 Å². The average molecular weight is 264 g/mol. The molecule has 0 saturated carbocycles. The lowest BCUT2D eigenvalue weighted by Gasteiger charge is -2.15. The number of aryl methyl sites for hydroxylation is 2. The molecule has 18 heavy (non-hydrogen) atoms. The highest BCUT2D eigenvalue weighted by molar-refractivity contribution is 7.09. The molecule has 96 valence electrons. The van der Waals surface area contributed by atoms with E-state index in [1.165, 1.54) is 11.4 Å². The Bertz CT molecular complexity index is 533. The van der Waals surface area contributed by atoms with Crippen molar-refractivity contribution in [1.82, 2.24) is 25.2 Å². The molecule has 1 fully saturated rings. The van der Waals surface area contributed by atoms with Crippen LogP contribution in [-0.2, 0) is 13.5 Å². The zero-order valence-corrected chi connectivity index (χ0v) is 11.4. The summed E-state index contributed by atoms with van der Waals surface area (Å²) in [5.74, 6) is 1.53. The smallest absolute Gasteiger partial charge is 0.245 e. The van der Waals surface area contributed by atoms with Crippen LogP contribution in [0.1, 0.15) is 17.1 Å². The van der Waals surface area contributed by atoms with E-state index in [2.05, 4.69) is 30.8 Å². The first-order valence-corrected chi connectivity index (χ1v) is 6.98. The molecule has 0 amide bonds. The largest absolute Gasteiger partial charge is 0.339 e. The zero-order valence-electron chi connectivity index (χ0n) is 10.6. The van der Waals surface area contributed by atoms with Crippen molar-refractivity contribution in [2.24, 2.45) is 13.0 Å². The maximum Gasteiger partial charge on any atom is 0.245 e. The van der Waals surface area contributed by atoms with Gasteiger partial charge in [-0.05, 0) is 29.7 Å². The SMILES string of the molecule is Cc1csc(CC2CCN(c3nnnn3C)C2)n1. The summed E-state index contributed by atoms with van der Waals surface area (Å²) in [5.41, 5.74) is 1.13. The minimum absolute atomic E-state index is 0.659. The average Bonchev–Trinajstić information content (AvgIpc) is 3.02. The predicted octanol–water partition coefficient (Wildman–Crippen LogP) is 1.04. The molecule has 1 saturated heterocycles. The van der Waals surface area contributed by atoms with Crippen molar-refractivity contribution in [2.45, 2.75) is 19.8 Å². The predicted molar refractivity (Wildman–Crippen MR) is 69.7 cm³/mol. The Kier molecular flexibility index (Phi) is 2.99. The highest BCUT2D eigenvalue weighted by Crippen LogP contribution is 2.25. The summed E-state index contributed by atoms with van der Waals surface area (Å²) in [5, 5.41) is 15.0. The third kappa shape index (κ3) is 2.22. The molecular formula is C11H16N6S. The van der Waals surface area contributed by atoms with Crippen molar-refractivity contribution >= 4 is 17.3 Å². The van der Waals surface area contributed by atoms with E-state index in [1.807, 2.05) is 14.0 Å². The van der Waals surface area contributed by atoms with Crippen LogP contribution in [0.5, 0.6) is 0 Å². The maximum atomic E-state index is 4.53. The maximum absolute atomic E-state index is 4.53. The van der Waals surface area contributed by atoms with E-state index in [0.717, 1.165) is 31.2 Å². The molecule has 3 heterocycles. The van der Waals surface area contributed by atoms with Gasteiger partial charge < -0.3 is 4.90 Å². The highest BCUT2D eigenvalue weighted by atomic mass is 32.1. The van der Waals surface area contributed by atoms with Crippen LogP contribution in [0.4, 0.5) is 5.95 Å². The number of aromatic nitrogens is 5. The second-order valence-electron chi connectivity index (χ2n) is 4.79. The van der Waals surface area contributed by atoms with Gasteiger partial charge in [0.2, 0.25) is 5.95 Å². The number of nitrogens with zero attached hydrogens (tertiary/aromatic N) is 6. The number of tetrazole rings is 1. The van der Waals surface area contributed by atoms with Crippen LogP contribution >= 0.6 is 11.3 Å². The van der Waals surface area contributed by atoms with Crippen molar-refractivity contribution in [1.29, 1.82) is 0 Å². The van der Waals surface area contributed by atoms with Crippen LogP contribution in [0, 0.1) is 12.8 Å². The summed E-state index contributed by atoms with van der Waals surface area (Å²) in [6, 6.07) is 0. The van der Waals surface area contributed by atoms with Crippen LogP contribution in [0.15, 0.2) is 5.38 Å². The summed E-state index contributed by atoms with van der Waals surface area (Å²) < 4.78 is 1.73. The van der Waals surface area contributed by atoms with Crippen molar-refractivity contribution in [3.63, 3.8) is 0 Å². The lowest BCUT2D eigenvalue weighted by Crippen LogP contribution is -2.23. The minimum Gasteiger partial charge on any atom is -0.339 e. The fourth-order valence-corrected chi connectivity index (χ4v) is 3.30. The number of anilines is 1. The van der Waals surface area contributed by atoms with Gasteiger partial charge in [0, 0.05) is 37.6 Å². The Hall–Kier alpha value is -1.50. The van der Waals surface area contributed by atoms with Gasteiger partial charge in [0.1, 0.15) is 0 Å². The third-order valence-electron chi connectivity index (χ3n) is 3.30. The monoisotopic (exact) mass is 264 g/mol. The summed E-state index contributed by atoms with van der Waals surface area (Å²) in [4.78, 5) is 6.79. The first-order valence-electron chi connectivity index (χ1n) is 6.10. The molecule has 0 aliphatic carbocycles. The lowest BCUT2D eigenvalue weighted by molar-refractivity contribution is 0.582. The molecule has 0 bridgehead atoms. The lowest BCUT2D eigenvalue weighted by atomic mass is 10.1. The highest BCUT2D eigenvalue weighted by Gasteiger charge is 2.26. The number of thiazole rings is 1. The Morgan fingerprint density at radius 2 is 2.39 bits per heavy atom. The van der Waals surface area contributed by atoms with E-state index >= 15 is 0 Å². The van der Waals surface area contributed by atoms with Gasteiger partial charge in [-0.15, -0.1) is 11.3 Å². The minimum atomic E-state index is 0.659. The number of hydrogen-bond acceptors (Lipinski definition) is 6. The molecule has 0 aromatic carbocycles. The van der Waals surface area contributed by atoms with Crippen LogP contribution < -0.4 is 4.90 Å². The molecule has 6 nitrogen and oxygen atoms in total. The van der Waals surface area contributed by atoms with Gasteiger partial charge in [0.05, 0.1) is 5.01 Å². The molecule has 3 rings (SSSR count). The quantitative estimate of drug-likeness (QED) is 0.829. The van der Waals surface area contributed by atoms with Gasteiger partial charge >= 0.3 is 0 Å². The first-order chi connectivity index (χ1) is 8.72. The molecule has 1 unspecified atom stereocenters. The second kappa shape index (κ2) is 4.64. The van der Waals surface area contributed by atoms with E-state index in [-0.39, 0.29) is 0 Å². The zero-order chi connectivity index (χ0) is 12.5. The molecule has 1 atom stereocenters. The van der Waals surface area contributed by atoms with E-state index < -0.39 is 0 Å². The fraction of sp³-hybridized carbons (Fsp3) is 0.636. The van der Waals surface area contributed by atoms with Crippen molar-refractivity contribution in [3.05, 3.63) is 16.1 Å². The Morgan fingerprint density at radius 3 is 3.06 bits per heavy atom. The first kappa shape index (κ1) is 11.6. The van der Waals surface area contributed by atoms with Gasteiger partial charge in [-0.1, -0.05) is 5.10 Å². The van der Waals surface area contributed by atoms with Crippen LogP contribution in [0.3, 0.4) is 0 Å². The molecule has 0 radical (unpaired) electrons. The number of rotatable bonds is 3. The summed E-state index contributed by atoms with van der Waals surface area (Å²) in [6.45, 7) is 4.10. The van der Waals surface area contributed by atoms with Gasteiger partial charge in [-0.2, -0.15) is 0 Å². The summed E-state index contributed by atoms with van der Waals surface area (Å²) >= 11 is 1.76. The van der Waals surface area contributed by atoms with E-state index in [0.29, 0.717) is 5.92 Å². The molecule has 0 spiro atoms. The van der Waals surface area contributed by atoms with Gasteiger partial charge in [-0.3, -0.25) is 0 Å².